The summed E-state index contributed by atoms with van der Waals surface area (Å²) in [6.45, 7) is 1.52. The van der Waals surface area contributed by atoms with E-state index >= 15 is 0 Å². The summed E-state index contributed by atoms with van der Waals surface area (Å²) < 4.78 is 1.79. The predicted octanol–water partition coefficient (Wildman–Crippen LogP) is 0.354. The number of rotatable bonds is 4. The van der Waals surface area contributed by atoms with E-state index in [1.807, 2.05) is 7.05 Å². The van der Waals surface area contributed by atoms with Gasteiger partial charge in [-0.25, -0.2) is 9.78 Å². The number of aliphatic carboxylic acids is 1. The number of carbonyl (C=O) groups excluding carboxylic acids is 1. The first-order valence-electron chi connectivity index (χ1n) is 7.76. The zero-order valence-electron chi connectivity index (χ0n) is 14.4. The van der Waals surface area contributed by atoms with Gasteiger partial charge in [-0.15, -0.1) is 0 Å². The molecule has 0 saturated heterocycles. The number of nitrogens with zero attached hydrogens (tertiary/aromatic N) is 2. The van der Waals surface area contributed by atoms with Gasteiger partial charge in [0.05, 0.1) is 12.5 Å². The normalized spacial score (nSPS) is 12.0. The lowest BCUT2D eigenvalue weighted by Gasteiger charge is -2.17. The number of amides is 1. The Hall–Kier alpha value is -3.55. The number of aromatic nitrogens is 2. The molecule has 0 bridgehead atoms. The smallest absolute Gasteiger partial charge is 0.327 e. The first kappa shape index (κ1) is 18.8. The lowest BCUT2D eigenvalue weighted by Crippen LogP contribution is -2.51. The molecule has 1 aromatic heterocycles. The number of carboxylic acid groups (broad SMARTS) is 1. The molecule has 0 aliphatic rings. The van der Waals surface area contributed by atoms with E-state index in [-0.39, 0.29) is 0 Å². The Morgan fingerprint density at radius 2 is 1.88 bits per heavy atom. The minimum absolute atomic E-state index is 0.323. The molecule has 7 nitrogen and oxygen atoms in total. The molecule has 0 unspecified atom stereocenters. The molecular weight excluding hydrogens is 332 g/mol. The van der Waals surface area contributed by atoms with Crippen LogP contribution in [0.1, 0.15) is 28.5 Å². The second kappa shape index (κ2) is 8.52. The van der Waals surface area contributed by atoms with Gasteiger partial charge in [-0.2, -0.15) is 0 Å². The molecule has 4 N–H and O–H groups in total. The van der Waals surface area contributed by atoms with E-state index < -0.39 is 24.0 Å². The Morgan fingerprint density at radius 1 is 1.23 bits per heavy atom. The molecule has 0 aliphatic carbocycles. The fourth-order valence-electron chi connectivity index (χ4n) is 2.02. The van der Waals surface area contributed by atoms with Crippen LogP contribution in [0.25, 0.3) is 0 Å². The number of nitrogens with two attached hydrogens (primary N) is 1. The summed E-state index contributed by atoms with van der Waals surface area (Å²) in [6, 6.07) is 4.59. The highest BCUT2D eigenvalue weighted by Crippen LogP contribution is 2.04. The van der Waals surface area contributed by atoms with Crippen LogP contribution in [0.15, 0.2) is 36.8 Å². The molecule has 2 aromatic rings. The summed E-state index contributed by atoms with van der Waals surface area (Å²) in [6.07, 6.45) is 3.30. The van der Waals surface area contributed by atoms with Crippen LogP contribution < -0.4 is 11.1 Å². The van der Waals surface area contributed by atoms with E-state index in [0.29, 0.717) is 11.1 Å². The van der Waals surface area contributed by atoms with Crippen molar-refractivity contribution in [1.82, 2.24) is 14.9 Å². The molecule has 0 radical (unpaired) electrons. The number of carboxylic acids is 1. The Bertz CT molecular complexity index is 921. The van der Waals surface area contributed by atoms with Crippen LogP contribution in [0, 0.1) is 23.7 Å². The lowest BCUT2D eigenvalue weighted by molar-refractivity contribution is -0.139. The van der Waals surface area contributed by atoms with Crippen molar-refractivity contribution in [2.75, 3.05) is 0 Å². The molecule has 0 spiro atoms. The second-order valence-corrected chi connectivity index (χ2v) is 5.62. The Kier molecular flexibility index (Phi) is 6.15. The van der Waals surface area contributed by atoms with Gasteiger partial charge in [-0.05, 0) is 49.0 Å². The maximum absolute atomic E-state index is 12.1. The van der Waals surface area contributed by atoms with Crippen molar-refractivity contribution in [3.8, 4) is 23.7 Å². The molecule has 2 rings (SSSR count). The Balaban J connectivity index is 2.04. The van der Waals surface area contributed by atoms with Crippen LogP contribution >= 0.6 is 0 Å². The van der Waals surface area contributed by atoms with Gasteiger partial charge in [0.15, 0.2) is 0 Å². The number of aryl methyl sites for hydroxylation is 1. The van der Waals surface area contributed by atoms with E-state index in [4.69, 9.17) is 10.8 Å². The minimum Gasteiger partial charge on any atom is -0.480 e. The average Bonchev–Trinajstić information content (AvgIpc) is 3.01. The third kappa shape index (κ3) is 4.97. The highest BCUT2D eigenvalue weighted by Gasteiger charge is 2.24. The SMILES string of the molecule is C[C@@H](N)[C@H](NC(=O)c1ccc(C#CC#Cc2cncn2C)cc1)C(=O)O. The topological polar surface area (TPSA) is 110 Å². The standard InChI is InChI=1S/C19H18N4O3/c1-13(20)17(19(25)26)22-18(24)15-9-7-14(8-10-15)5-3-4-6-16-11-21-12-23(16)2/h7-13,17H,20H2,1-2H3,(H,22,24)(H,25,26)/t13-,17+/m1/s1. The van der Waals surface area contributed by atoms with Gasteiger partial charge in [-0.1, -0.05) is 5.92 Å². The molecule has 0 aliphatic heterocycles. The van der Waals surface area contributed by atoms with E-state index in [1.165, 1.54) is 6.92 Å². The molecule has 0 fully saturated rings. The van der Waals surface area contributed by atoms with Crippen molar-refractivity contribution in [2.45, 2.75) is 19.0 Å². The van der Waals surface area contributed by atoms with Crippen LogP contribution in [-0.2, 0) is 11.8 Å². The molecule has 1 amide bonds. The molecule has 0 saturated carbocycles. The van der Waals surface area contributed by atoms with E-state index in [0.717, 1.165) is 5.69 Å². The van der Waals surface area contributed by atoms with E-state index in [9.17, 15) is 9.59 Å². The average molecular weight is 350 g/mol. The molecule has 26 heavy (non-hydrogen) atoms. The number of imidazole rings is 1. The van der Waals surface area contributed by atoms with Gasteiger partial charge in [0.2, 0.25) is 0 Å². The van der Waals surface area contributed by atoms with E-state index in [2.05, 4.69) is 34.0 Å². The summed E-state index contributed by atoms with van der Waals surface area (Å²) in [5, 5.41) is 11.5. The Labute approximate surface area is 151 Å². The highest BCUT2D eigenvalue weighted by atomic mass is 16.4. The maximum atomic E-state index is 12.1. The van der Waals surface area contributed by atoms with E-state index in [1.54, 1.807) is 41.4 Å². The van der Waals surface area contributed by atoms with Crippen LogP contribution in [0.2, 0.25) is 0 Å². The van der Waals surface area contributed by atoms with Crippen LogP contribution in [0.3, 0.4) is 0 Å². The van der Waals surface area contributed by atoms with Gasteiger partial charge in [0.25, 0.3) is 5.91 Å². The second-order valence-electron chi connectivity index (χ2n) is 5.62. The molecule has 1 heterocycles. The van der Waals surface area contributed by atoms with Gasteiger partial charge in [0, 0.05) is 24.2 Å². The number of nitrogens with one attached hydrogen (secondary N) is 1. The number of benzene rings is 1. The van der Waals surface area contributed by atoms with Crippen molar-refractivity contribution in [3.05, 3.63) is 53.6 Å². The third-order valence-electron chi connectivity index (χ3n) is 3.50. The maximum Gasteiger partial charge on any atom is 0.327 e. The minimum atomic E-state index is -1.18. The van der Waals surface area contributed by atoms with Crippen molar-refractivity contribution < 1.29 is 14.7 Å². The monoisotopic (exact) mass is 350 g/mol. The summed E-state index contributed by atoms with van der Waals surface area (Å²) >= 11 is 0. The summed E-state index contributed by atoms with van der Waals surface area (Å²) in [4.78, 5) is 27.1. The third-order valence-corrected chi connectivity index (χ3v) is 3.50. The summed E-state index contributed by atoms with van der Waals surface area (Å²) in [5.74, 6) is 9.53. The number of hydrogen-bond acceptors (Lipinski definition) is 4. The molecular formula is C19H18N4O3. The van der Waals surface area contributed by atoms with Crippen molar-refractivity contribution in [2.24, 2.45) is 12.8 Å². The van der Waals surface area contributed by atoms with Crippen molar-refractivity contribution >= 4 is 11.9 Å². The van der Waals surface area contributed by atoms with Crippen LogP contribution in [0.5, 0.6) is 0 Å². The van der Waals surface area contributed by atoms with Gasteiger partial charge in [-0.3, -0.25) is 4.79 Å². The zero-order chi connectivity index (χ0) is 19.1. The van der Waals surface area contributed by atoms with Gasteiger partial charge >= 0.3 is 5.97 Å². The van der Waals surface area contributed by atoms with Gasteiger partial charge in [0.1, 0.15) is 11.7 Å². The quantitative estimate of drug-likeness (QED) is 0.690. The highest BCUT2D eigenvalue weighted by molar-refractivity contribution is 5.96. The molecule has 1 aromatic carbocycles. The predicted molar refractivity (Wildman–Crippen MR) is 95.9 cm³/mol. The lowest BCUT2D eigenvalue weighted by atomic mass is 10.1. The van der Waals surface area contributed by atoms with Crippen molar-refractivity contribution in [1.29, 1.82) is 0 Å². The first-order valence-corrected chi connectivity index (χ1v) is 7.76. The summed E-state index contributed by atoms with van der Waals surface area (Å²) in [7, 11) is 1.84. The fourth-order valence-corrected chi connectivity index (χ4v) is 2.02. The Morgan fingerprint density at radius 3 is 2.42 bits per heavy atom. The van der Waals surface area contributed by atoms with Crippen LogP contribution in [0.4, 0.5) is 0 Å². The molecule has 7 heteroatoms. The number of hydrogen-bond donors (Lipinski definition) is 3. The summed E-state index contributed by atoms with van der Waals surface area (Å²) in [5.41, 5.74) is 7.33. The fraction of sp³-hybridized carbons (Fsp3) is 0.211. The van der Waals surface area contributed by atoms with Gasteiger partial charge < -0.3 is 20.7 Å². The molecule has 132 valence electrons. The van der Waals surface area contributed by atoms with Crippen molar-refractivity contribution in [3.63, 3.8) is 0 Å². The number of carbonyl (C=O) groups is 2. The molecule has 2 atom stereocenters. The largest absolute Gasteiger partial charge is 0.480 e. The van der Waals surface area contributed by atoms with Crippen LogP contribution in [-0.4, -0.2) is 38.6 Å². The zero-order valence-corrected chi connectivity index (χ0v) is 14.4. The first-order chi connectivity index (χ1) is 12.4.